The SMILES string of the molecule is N#Cc1ccc(NC(=O)C[S@](=O)CCC23CC4CC(CC(C4)C2)C3)cc1. The molecule has 5 heteroatoms. The molecule has 138 valence electrons. The highest BCUT2D eigenvalue weighted by Gasteiger charge is 2.50. The first-order valence-corrected chi connectivity index (χ1v) is 11.2. The second kappa shape index (κ2) is 7.15. The quantitative estimate of drug-likeness (QED) is 0.827. The zero-order chi connectivity index (χ0) is 18.1. The minimum absolute atomic E-state index is 0.0619. The third-order valence-corrected chi connectivity index (χ3v) is 7.86. The van der Waals surface area contributed by atoms with Gasteiger partial charge in [-0.1, -0.05) is 0 Å². The summed E-state index contributed by atoms with van der Waals surface area (Å²) in [5.74, 6) is 3.23. The van der Waals surface area contributed by atoms with Crippen LogP contribution in [0.5, 0.6) is 0 Å². The Labute approximate surface area is 157 Å². The number of anilines is 1. The Morgan fingerprint density at radius 3 is 2.23 bits per heavy atom. The van der Waals surface area contributed by atoms with Crippen molar-refractivity contribution in [3.63, 3.8) is 0 Å². The van der Waals surface area contributed by atoms with E-state index in [2.05, 4.69) is 5.32 Å². The highest BCUT2D eigenvalue weighted by atomic mass is 32.2. The highest BCUT2D eigenvalue weighted by Crippen LogP contribution is 2.61. The molecule has 1 aromatic carbocycles. The van der Waals surface area contributed by atoms with E-state index in [-0.39, 0.29) is 11.7 Å². The molecule has 0 unspecified atom stereocenters. The van der Waals surface area contributed by atoms with Crippen molar-refractivity contribution in [3.8, 4) is 6.07 Å². The summed E-state index contributed by atoms with van der Waals surface area (Å²) in [5.41, 5.74) is 1.63. The second-order valence-corrected chi connectivity index (χ2v) is 10.3. The fraction of sp³-hybridized carbons (Fsp3) is 0.619. The number of nitriles is 1. The fourth-order valence-electron chi connectivity index (χ4n) is 5.97. The van der Waals surface area contributed by atoms with Crippen LogP contribution in [0.2, 0.25) is 0 Å². The molecule has 0 saturated heterocycles. The summed E-state index contributed by atoms with van der Waals surface area (Å²) in [7, 11) is -1.11. The molecule has 5 rings (SSSR count). The normalized spacial score (nSPS) is 32.8. The maximum Gasteiger partial charge on any atom is 0.236 e. The average molecular weight is 371 g/mol. The van der Waals surface area contributed by atoms with Gasteiger partial charge >= 0.3 is 0 Å². The molecule has 1 aromatic rings. The molecular weight excluding hydrogens is 344 g/mol. The van der Waals surface area contributed by atoms with E-state index >= 15 is 0 Å². The van der Waals surface area contributed by atoms with Crippen LogP contribution in [0.15, 0.2) is 24.3 Å². The third-order valence-electron chi connectivity index (χ3n) is 6.61. The van der Waals surface area contributed by atoms with E-state index < -0.39 is 10.8 Å². The standard InChI is InChI=1S/C21H26N2O2S/c22-13-15-1-3-19(4-2-15)23-20(24)14-26(25)6-5-21-10-16-7-17(11-21)9-18(8-16)12-21/h1-4,16-18H,5-12,14H2,(H,23,24)/t16?,17?,18?,21?,26-/m1/s1. The van der Waals surface area contributed by atoms with Crippen LogP contribution in [-0.4, -0.2) is 21.6 Å². The number of amides is 1. The van der Waals surface area contributed by atoms with Gasteiger partial charge in [-0.15, -0.1) is 0 Å². The van der Waals surface area contributed by atoms with Gasteiger partial charge < -0.3 is 5.32 Å². The number of hydrogen-bond donors (Lipinski definition) is 1. The van der Waals surface area contributed by atoms with Gasteiger partial charge in [0.05, 0.1) is 11.6 Å². The Kier molecular flexibility index (Phi) is 4.88. The summed E-state index contributed by atoms with van der Waals surface area (Å²) < 4.78 is 12.4. The smallest absolute Gasteiger partial charge is 0.236 e. The molecule has 0 heterocycles. The van der Waals surface area contributed by atoms with Crippen LogP contribution in [0.3, 0.4) is 0 Å². The summed E-state index contributed by atoms with van der Waals surface area (Å²) in [5, 5.41) is 11.6. The maximum absolute atomic E-state index is 12.4. The lowest BCUT2D eigenvalue weighted by Gasteiger charge is -2.57. The van der Waals surface area contributed by atoms with Gasteiger partial charge in [0.25, 0.3) is 0 Å². The van der Waals surface area contributed by atoms with Gasteiger partial charge in [-0.05, 0) is 92.4 Å². The molecule has 4 saturated carbocycles. The first kappa shape index (κ1) is 17.7. The van der Waals surface area contributed by atoms with E-state index in [4.69, 9.17) is 5.26 Å². The number of carbonyl (C=O) groups is 1. The summed E-state index contributed by atoms with van der Waals surface area (Å²) in [4.78, 5) is 12.1. The molecule has 4 nitrogen and oxygen atoms in total. The molecule has 0 radical (unpaired) electrons. The Morgan fingerprint density at radius 2 is 1.69 bits per heavy atom. The van der Waals surface area contributed by atoms with Crippen LogP contribution in [0.4, 0.5) is 5.69 Å². The number of carbonyl (C=O) groups excluding carboxylic acids is 1. The van der Waals surface area contributed by atoms with Crippen LogP contribution >= 0.6 is 0 Å². The molecule has 0 aromatic heterocycles. The lowest BCUT2D eigenvalue weighted by atomic mass is 9.49. The van der Waals surface area contributed by atoms with Gasteiger partial charge in [0, 0.05) is 22.2 Å². The van der Waals surface area contributed by atoms with Crippen LogP contribution in [0.25, 0.3) is 0 Å². The van der Waals surface area contributed by atoms with Crippen molar-refractivity contribution < 1.29 is 9.00 Å². The van der Waals surface area contributed by atoms with Crippen LogP contribution in [0, 0.1) is 34.5 Å². The molecule has 26 heavy (non-hydrogen) atoms. The molecule has 4 bridgehead atoms. The summed E-state index contributed by atoms with van der Waals surface area (Å²) in [6.45, 7) is 0. The summed E-state index contributed by atoms with van der Waals surface area (Å²) in [6, 6.07) is 8.79. The number of nitrogens with one attached hydrogen (secondary N) is 1. The number of benzene rings is 1. The van der Waals surface area contributed by atoms with Crippen LogP contribution in [-0.2, 0) is 15.6 Å². The van der Waals surface area contributed by atoms with Crippen LogP contribution < -0.4 is 5.32 Å². The van der Waals surface area contributed by atoms with Crippen molar-refractivity contribution in [1.29, 1.82) is 5.26 Å². The highest BCUT2D eigenvalue weighted by molar-refractivity contribution is 7.85. The van der Waals surface area contributed by atoms with Gasteiger partial charge in [0.1, 0.15) is 5.75 Å². The predicted octanol–water partition coefficient (Wildman–Crippen LogP) is 3.85. The van der Waals surface area contributed by atoms with Crippen molar-refractivity contribution in [3.05, 3.63) is 29.8 Å². The van der Waals surface area contributed by atoms with E-state index in [0.29, 0.717) is 22.4 Å². The van der Waals surface area contributed by atoms with E-state index in [1.807, 2.05) is 6.07 Å². The predicted molar refractivity (Wildman–Crippen MR) is 103 cm³/mol. The molecule has 1 amide bonds. The van der Waals surface area contributed by atoms with Crippen molar-refractivity contribution in [2.45, 2.75) is 44.9 Å². The molecule has 1 N–H and O–H groups in total. The minimum atomic E-state index is -1.11. The molecule has 0 aliphatic heterocycles. The maximum atomic E-state index is 12.4. The second-order valence-electron chi connectivity index (χ2n) is 8.69. The van der Waals surface area contributed by atoms with Gasteiger partial charge in [-0.3, -0.25) is 9.00 Å². The fourth-order valence-corrected chi connectivity index (χ4v) is 7.14. The number of rotatable bonds is 6. The molecule has 4 aliphatic carbocycles. The minimum Gasteiger partial charge on any atom is -0.325 e. The Bertz CT molecular complexity index is 715. The topological polar surface area (TPSA) is 70.0 Å². The summed E-state index contributed by atoms with van der Waals surface area (Å²) in [6.07, 6.45) is 9.28. The molecule has 4 aliphatic rings. The Hall–Kier alpha value is -1.67. The summed E-state index contributed by atoms with van der Waals surface area (Å²) >= 11 is 0. The first-order chi connectivity index (χ1) is 12.5. The Morgan fingerprint density at radius 1 is 1.12 bits per heavy atom. The third kappa shape index (κ3) is 3.86. The average Bonchev–Trinajstić information content (AvgIpc) is 2.59. The van der Waals surface area contributed by atoms with Crippen molar-refractivity contribution >= 4 is 22.4 Å². The first-order valence-electron chi connectivity index (χ1n) is 9.69. The van der Waals surface area contributed by atoms with E-state index in [0.717, 1.165) is 24.2 Å². The van der Waals surface area contributed by atoms with Gasteiger partial charge in [0.15, 0.2) is 0 Å². The molecule has 1 atom stereocenters. The zero-order valence-corrected chi connectivity index (χ0v) is 15.9. The van der Waals surface area contributed by atoms with Gasteiger partial charge in [-0.25, -0.2) is 0 Å². The van der Waals surface area contributed by atoms with Crippen molar-refractivity contribution in [2.24, 2.45) is 23.2 Å². The Balaban J connectivity index is 1.26. The van der Waals surface area contributed by atoms with Crippen LogP contribution in [0.1, 0.15) is 50.5 Å². The zero-order valence-electron chi connectivity index (χ0n) is 15.1. The molecule has 4 fully saturated rings. The lowest BCUT2D eigenvalue weighted by molar-refractivity contribution is -0.113. The monoisotopic (exact) mass is 370 g/mol. The van der Waals surface area contributed by atoms with E-state index in [9.17, 15) is 9.00 Å². The van der Waals surface area contributed by atoms with Crippen molar-refractivity contribution in [2.75, 3.05) is 16.8 Å². The van der Waals surface area contributed by atoms with E-state index in [1.165, 1.54) is 38.5 Å². The molecule has 0 spiro atoms. The molecular formula is C21H26N2O2S. The largest absolute Gasteiger partial charge is 0.325 e. The lowest BCUT2D eigenvalue weighted by Crippen LogP contribution is -2.46. The number of hydrogen-bond acceptors (Lipinski definition) is 3. The van der Waals surface area contributed by atoms with E-state index in [1.54, 1.807) is 24.3 Å². The van der Waals surface area contributed by atoms with Crippen molar-refractivity contribution in [1.82, 2.24) is 0 Å². The van der Waals surface area contributed by atoms with Gasteiger partial charge in [0.2, 0.25) is 5.91 Å². The van der Waals surface area contributed by atoms with Gasteiger partial charge in [-0.2, -0.15) is 5.26 Å². The number of nitrogens with zero attached hydrogens (tertiary/aromatic N) is 1.